The monoisotopic (exact) mass is 604 g/mol. The van der Waals surface area contributed by atoms with E-state index in [1.165, 1.54) is 50.5 Å². The van der Waals surface area contributed by atoms with Crippen molar-refractivity contribution < 1.29 is 29.9 Å². The zero-order valence-corrected chi connectivity index (χ0v) is 28.5. The summed E-state index contributed by atoms with van der Waals surface area (Å²) in [5, 5.41) is 40.9. The molecule has 5 aliphatic rings. The minimum absolute atomic E-state index is 0.137. The highest BCUT2D eigenvalue weighted by Gasteiger charge is 2.62. The lowest BCUT2D eigenvalue weighted by Gasteiger charge is -2.62. The van der Waals surface area contributed by atoms with Crippen molar-refractivity contribution >= 4 is 0 Å². The van der Waals surface area contributed by atoms with E-state index in [0.717, 1.165) is 54.8 Å². The number of hydrogen-bond donors (Lipinski definition) is 4. The molecule has 1 heterocycles. The third-order valence-corrected chi connectivity index (χ3v) is 14.3. The van der Waals surface area contributed by atoms with Gasteiger partial charge in [0.05, 0.1) is 12.7 Å². The standard InChI is InChI=1S/C37H64O6/c1-9-23(21(2)3)11-10-22(4)25-13-14-26-24-12-15-29-35(5,6)30(17-19-37(29,8)27(24)16-18-36(25,26)7)43-34-33(41)32(40)31(39)28(20-38)42-34/h15,21-28,30-34,38-41H,9-14,16-20H2,1-8H3. The van der Waals surface area contributed by atoms with Gasteiger partial charge < -0.3 is 29.9 Å². The number of allylic oxidation sites excluding steroid dienone is 1. The molecule has 6 heteroatoms. The van der Waals surface area contributed by atoms with E-state index in [1.54, 1.807) is 0 Å². The summed E-state index contributed by atoms with van der Waals surface area (Å²) >= 11 is 0. The van der Waals surface area contributed by atoms with Gasteiger partial charge in [0.25, 0.3) is 0 Å². The Kier molecular flexibility index (Phi) is 9.92. The first-order chi connectivity index (χ1) is 20.2. The molecular weight excluding hydrogens is 540 g/mol. The summed E-state index contributed by atoms with van der Waals surface area (Å²) in [6.45, 7) is 19.0. The molecule has 0 radical (unpaired) electrons. The van der Waals surface area contributed by atoms with Crippen LogP contribution in [-0.2, 0) is 9.47 Å². The topological polar surface area (TPSA) is 99.4 Å². The fourth-order valence-corrected chi connectivity index (χ4v) is 11.6. The van der Waals surface area contributed by atoms with Crippen LogP contribution in [0.3, 0.4) is 0 Å². The number of hydrogen-bond acceptors (Lipinski definition) is 6. The Labute approximate surface area is 262 Å². The number of aliphatic hydroxyl groups excluding tert-OH is 4. The number of fused-ring (bicyclic) bond motifs is 5. The van der Waals surface area contributed by atoms with E-state index in [4.69, 9.17) is 9.47 Å². The smallest absolute Gasteiger partial charge is 0.187 e. The van der Waals surface area contributed by atoms with Crippen molar-refractivity contribution in [3.8, 4) is 0 Å². The molecule has 248 valence electrons. The van der Waals surface area contributed by atoms with E-state index < -0.39 is 37.3 Å². The molecule has 0 bridgehead atoms. The summed E-state index contributed by atoms with van der Waals surface area (Å²) in [5.41, 5.74) is 1.84. The Morgan fingerprint density at radius 1 is 0.907 bits per heavy atom. The molecule has 1 aliphatic heterocycles. The van der Waals surface area contributed by atoms with Gasteiger partial charge in [0.1, 0.15) is 24.4 Å². The first kappa shape index (κ1) is 33.9. The Bertz CT molecular complexity index is 992. The van der Waals surface area contributed by atoms with Crippen molar-refractivity contribution in [2.45, 2.75) is 156 Å². The molecule has 0 spiro atoms. The molecule has 14 unspecified atom stereocenters. The number of ether oxygens (including phenoxy) is 2. The summed E-state index contributed by atoms with van der Waals surface area (Å²) < 4.78 is 12.2. The molecule has 0 amide bonds. The highest BCUT2D eigenvalue weighted by Crippen LogP contribution is 2.69. The maximum Gasteiger partial charge on any atom is 0.187 e. The maximum atomic E-state index is 10.7. The van der Waals surface area contributed by atoms with Gasteiger partial charge in [0, 0.05) is 5.41 Å². The van der Waals surface area contributed by atoms with Crippen LogP contribution in [0.15, 0.2) is 11.6 Å². The Hall–Kier alpha value is -0.500. The van der Waals surface area contributed by atoms with Gasteiger partial charge in [-0.1, -0.05) is 79.9 Å². The van der Waals surface area contributed by atoms with Gasteiger partial charge >= 0.3 is 0 Å². The van der Waals surface area contributed by atoms with Gasteiger partial charge in [-0.2, -0.15) is 0 Å². The fourth-order valence-electron chi connectivity index (χ4n) is 11.6. The second-order valence-corrected chi connectivity index (χ2v) is 16.9. The summed E-state index contributed by atoms with van der Waals surface area (Å²) in [6.07, 6.45) is 8.76. The third kappa shape index (κ3) is 5.71. The van der Waals surface area contributed by atoms with Gasteiger partial charge in [-0.3, -0.25) is 0 Å². The largest absolute Gasteiger partial charge is 0.394 e. The number of aliphatic hydroxyl groups is 4. The van der Waals surface area contributed by atoms with Crippen LogP contribution in [0, 0.1) is 57.7 Å². The molecule has 4 aliphatic carbocycles. The molecule has 4 N–H and O–H groups in total. The van der Waals surface area contributed by atoms with Crippen LogP contribution in [0.25, 0.3) is 0 Å². The average molecular weight is 605 g/mol. The minimum Gasteiger partial charge on any atom is -0.394 e. The lowest BCUT2D eigenvalue weighted by molar-refractivity contribution is -0.320. The average Bonchev–Trinajstić information content (AvgIpc) is 3.32. The van der Waals surface area contributed by atoms with E-state index in [-0.39, 0.29) is 16.9 Å². The lowest BCUT2D eigenvalue weighted by atomic mass is 9.44. The van der Waals surface area contributed by atoms with Crippen LogP contribution in [0.4, 0.5) is 0 Å². The molecule has 3 saturated carbocycles. The summed E-state index contributed by atoms with van der Waals surface area (Å²) in [6, 6.07) is 0. The molecule has 0 aromatic rings. The van der Waals surface area contributed by atoms with E-state index >= 15 is 0 Å². The molecule has 43 heavy (non-hydrogen) atoms. The molecule has 0 aromatic carbocycles. The van der Waals surface area contributed by atoms with E-state index in [2.05, 4.69) is 61.5 Å². The molecule has 4 fully saturated rings. The van der Waals surface area contributed by atoms with Gasteiger partial charge in [0.2, 0.25) is 0 Å². The molecule has 1 saturated heterocycles. The molecule has 0 aromatic heterocycles. The molecular formula is C37H64O6. The van der Waals surface area contributed by atoms with Gasteiger partial charge in [0.15, 0.2) is 6.29 Å². The SMILES string of the molecule is CCC(CCC(C)C1CCC2C3CC=C4C(C)(C)C(OC5OC(CO)C(O)C(O)C5O)CCC4(C)C3CCC12C)C(C)C. The normalized spacial score (nSPS) is 47.3. The van der Waals surface area contributed by atoms with E-state index in [9.17, 15) is 20.4 Å². The minimum atomic E-state index is -1.42. The summed E-state index contributed by atoms with van der Waals surface area (Å²) in [4.78, 5) is 0. The van der Waals surface area contributed by atoms with Crippen LogP contribution in [0.5, 0.6) is 0 Å². The zero-order chi connectivity index (χ0) is 31.5. The quantitative estimate of drug-likeness (QED) is 0.225. The second kappa shape index (κ2) is 12.6. The Morgan fingerprint density at radius 3 is 2.28 bits per heavy atom. The van der Waals surface area contributed by atoms with E-state index in [1.807, 2.05) is 0 Å². The molecule has 14 atom stereocenters. The van der Waals surface area contributed by atoms with Crippen molar-refractivity contribution in [2.24, 2.45) is 57.7 Å². The van der Waals surface area contributed by atoms with Crippen LogP contribution in [0.1, 0.15) is 120 Å². The molecule has 5 rings (SSSR count). The van der Waals surface area contributed by atoms with Crippen LogP contribution in [-0.4, -0.2) is 63.8 Å². The van der Waals surface area contributed by atoms with Crippen LogP contribution >= 0.6 is 0 Å². The predicted molar refractivity (Wildman–Crippen MR) is 170 cm³/mol. The summed E-state index contributed by atoms with van der Waals surface area (Å²) in [5.74, 6) is 5.55. The summed E-state index contributed by atoms with van der Waals surface area (Å²) in [7, 11) is 0. The van der Waals surface area contributed by atoms with Crippen molar-refractivity contribution in [3.63, 3.8) is 0 Å². The van der Waals surface area contributed by atoms with Crippen molar-refractivity contribution in [1.29, 1.82) is 0 Å². The van der Waals surface area contributed by atoms with Gasteiger partial charge in [-0.15, -0.1) is 0 Å². The lowest BCUT2D eigenvalue weighted by Crippen LogP contribution is -2.61. The Morgan fingerprint density at radius 2 is 1.63 bits per heavy atom. The highest BCUT2D eigenvalue weighted by molar-refractivity contribution is 5.31. The molecule has 6 nitrogen and oxygen atoms in total. The highest BCUT2D eigenvalue weighted by atomic mass is 16.7. The third-order valence-electron chi connectivity index (χ3n) is 14.3. The van der Waals surface area contributed by atoms with Gasteiger partial charge in [-0.05, 0) is 104 Å². The van der Waals surface area contributed by atoms with Crippen LogP contribution < -0.4 is 0 Å². The first-order valence-corrected chi connectivity index (χ1v) is 17.9. The van der Waals surface area contributed by atoms with Crippen LogP contribution in [0.2, 0.25) is 0 Å². The predicted octanol–water partition coefficient (Wildman–Crippen LogP) is 6.49. The van der Waals surface area contributed by atoms with E-state index in [0.29, 0.717) is 11.3 Å². The first-order valence-electron chi connectivity index (χ1n) is 17.9. The number of rotatable bonds is 9. The zero-order valence-electron chi connectivity index (χ0n) is 28.5. The fraction of sp³-hybridized carbons (Fsp3) is 0.946. The Balaban J connectivity index is 1.30. The second-order valence-electron chi connectivity index (χ2n) is 16.9. The van der Waals surface area contributed by atoms with Crippen molar-refractivity contribution in [2.75, 3.05) is 6.61 Å². The van der Waals surface area contributed by atoms with Crippen molar-refractivity contribution in [1.82, 2.24) is 0 Å². The maximum absolute atomic E-state index is 10.7. The van der Waals surface area contributed by atoms with Crippen molar-refractivity contribution in [3.05, 3.63) is 11.6 Å². The van der Waals surface area contributed by atoms with Gasteiger partial charge in [-0.25, -0.2) is 0 Å².